The van der Waals surface area contributed by atoms with Crippen LogP contribution < -0.4 is 9.47 Å². The molecule has 1 amide bonds. The summed E-state index contributed by atoms with van der Waals surface area (Å²) in [6, 6.07) is 9.01. The molecule has 0 saturated carbocycles. The molecule has 174 valence electrons. The molecule has 4 rings (SSSR count). The molecule has 2 aliphatic rings. The summed E-state index contributed by atoms with van der Waals surface area (Å²) in [5.41, 5.74) is 0.938. The number of nitrogens with zero attached hydrogens (tertiary/aromatic N) is 2. The van der Waals surface area contributed by atoms with Crippen molar-refractivity contribution in [1.82, 2.24) is 9.80 Å². The van der Waals surface area contributed by atoms with Gasteiger partial charge in [-0.15, -0.1) is 0 Å². The van der Waals surface area contributed by atoms with Gasteiger partial charge in [0.15, 0.2) is 11.5 Å². The molecule has 0 aliphatic carbocycles. The number of amides is 1. The largest absolute Gasteiger partial charge is 0.507 e. The van der Waals surface area contributed by atoms with Crippen molar-refractivity contribution in [1.29, 1.82) is 0 Å². The van der Waals surface area contributed by atoms with Gasteiger partial charge < -0.3 is 24.4 Å². The van der Waals surface area contributed by atoms with E-state index >= 15 is 0 Å². The Bertz CT molecular complexity index is 1130. The van der Waals surface area contributed by atoms with Crippen LogP contribution in [-0.4, -0.2) is 59.6 Å². The molecule has 2 aromatic carbocycles. The van der Waals surface area contributed by atoms with Crippen molar-refractivity contribution in [2.45, 2.75) is 19.9 Å². The van der Waals surface area contributed by atoms with E-state index in [0.29, 0.717) is 45.8 Å². The summed E-state index contributed by atoms with van der Waals surface area (Å²) in [6.07, 6.45) is 0. The second kappa shape index (κ2) is 9.63. The van der Waals surface area contributed by atoms with E-state index in [4.69, 9.17) is 32.7 Å². The number of fused-ring (bicyclic) bond motifs is 1. The summed E-state index contributed by atoms with van der Waals surface area (Å²) in [6.45, 7) is 6.68. The Kier molecular flexibility index (Phi) is 6.83. The van der Waals surface area contributed by atoms with Gasteiger partial charge in [0.1, 0.15) is 5.76 Å². The third-order valence-electron chi connectivity index (χ3n) is 6.00. The zero-order valence-electron chi connectivity index (χ0n) is 18.3. The predicted molar refractivity (Wildman–Crippen MR) is 126 cm³/mol. The fraction of sp³-hybridized carbons (Fsp3) is 0.333. The molecule has 2 aromatic rings. The second-order valence-electron chi connectivity index (χ2n) is 7.76. The van der Waals surface area contributed by atoms with Gasteiger partial charge in [-0.3, -0.25) is 9.59 Å². The maximum Gasteiger partial charge on any atom is 0.295 e. The van der Waals surface area contributed by atoms with Gasteiger partial charge in [0.2, 0.25) is 6.79 Å². The molecule has 0 spiro atoms. The average Bonchev–Trinajstić information content (AvgIpc) is 3.38. The van der Waals surface area contributed by atoms with Gasteiger partial charge in [-0.25, -0.2) is 0 Å². The quantitative estimate of drug-likeness (QED) is 0.350. The number of hydrogen-bond acceptors (Lipinski definition) is 6. The average molecular weight is 491 g/mol. The SMILES string of the molecule is CCN(CC)CCN1C(=O)C(=O)/C(=C(/O)c2ccc3c(c2)OCO3)C1c1ccc(Cl)c(Cl)c1. The standard InChI is InChI=1S/C24H24Cl2N2O5/c1-3-27(4-2)9-10-28-21(14-5-7-16(25)17(26)11-14)20(23(30)24(28)31)22(29)15-6-8-18-19(12-15)33-13-32-18/h5-8,11-12,21,29H,3-4,9-10,13H2,1-2H3/b22-20+. The summed E-state index contributed by atoms with van der Waals surface area (Å²) < 4.78 is 10.7. The van der Waals surface area contributed by atoms with Crippen LogP contribution in [0.2, 0.25) is 10.0 Å². The Balaban J connectivity index is 1.81. The van der Waals surface area contributed by atoms with Crippen LogP contribution in [0.4, 0.5) is 0 Å². The molecule has 1 N–H and O–H groups in total. The Morgan fingerprint density at radius 3 is 2.48 bits per heavy atom. The van der Waals surface area contributed by atoms with Gasteiger partial charge >= 0.3 is 0 Å². The number of likely N-dealkylation sites (N-methyl/N-ethyl adjacent to an activating group) is 1. The molecule has 0 radical (unpaired) electrons. The maximum absolute atomic E-state index is 13.1. The van der Waals surface area contributed by atoms with Crippen molar-refractivity contribution in [2.24, 2.45) is 0 Å². The summed E-state index contributed by atoms with van der Waals surface area (Å²) in [7, 11) is 0. The van der Waals surface area contributed by atoms with E-state index in [0.717, 1.165) is 13.1 Å². The topological polar surface area (TPSA) is 79.3 Å². The van der Waals surface area contributed by atoms with Crippen molar-refractivity contribution in [3.8, 4) is 11.5 Å². The number of rotatable bonds is 7. The minimum absolute atomic E-state index is 0.00296. The van der Waals surface area contributed by atoms with E-state index in [1.165, 1.54) is 4.90 Å². The fourth-order valence-electron chi connectivity index (χ4n) is 4.13. The highest BCUT2D eigenvalue weighted by Gasteiger charge is 2.46. The van der Waals surface area contributed by atoms with Crippen LogP contribution >= 0.6 is 23.2 Å². The highest BCUT2D eigenvalue weighted by atomic mass is 35.5. The smallest absolute Gasteiger partial charge is 0.295 e. The summed E-state index contributed by atoms with van der Waals surface area (Å²) >= 11 is 12.4. The third kappa shape index (κ3) is 4.40. The zero-order chi connectivity index (χ0) is 23.7. The normalized spacial score (nSPS) is 19.1. The molecule has 0 bridgehead atoms. The number of aliphatic hydroxyl groups is 1. The second-order valence-corrected chi connectivity index (χ2v) is 8.58. The maximum atomic E-state index is 13.1. The number of likely N-dealkylation sites (tertiary alicyclic amines) is 1. The Hall–Kier alpha value is -2.74. The van der Waals surface area contributed by atoms with Gasteiger partial charge in [0.25, 0.3) is 11.7 Å². The molecule has 0 aromatic heterocycles. The Labute approximate surface area is 202 Å². The molecule has 1 fully saturated rings. The van der Waals surface area contributed by atoms with Crippen LogP contribution in [0.25, 0.3) is 5.76 Å². The number of carbonyl (C=O) groups excluding carboxylic acids is 2. The number of halogens is 2. The van der Waals surface area contributed by atoms with E-state index in [-0.39, 0.29) is 18.1 Å². The number of benzene rings is 2. The molecule has 1 atom stereocenters. The molecular formula is C24H24Cl2N2O5. The lowest BCUT2D eigenvalue weighted by molar-refractivity contribution is -0.140. The van der Waals surface area contributed by atoms with Gasteiger partial charge in [-0.1, -0.05) is 43.1 Å². The van der Waals surface area contributed by atoms with Crippen LogP contribution in [0.5, 0.6) is 11.5 Å². The predicted octanol–water partition coefficient (Wildman–Crippen LogP) is 4.49. The number of aliphatic hydroxyl groups excluding tert-OH is 1. The van der Waals surface area contributed by atoms with Crippen molar-refractivity contribution < 1.29 is 24.2 Å². The number of carbonyl (C=O) groups is 2. The van der Waals surface area contributed by atoms with Gasteiger partial charge in [0.05, 0.1) is 21.7 Å². The van der Waals surface area contributed by atoms with Gasteiger partial charge in [0, 0.05) is 18.7 Å². The molecule has 33 heavy (non-hydrogen) atoms. The molecule has 2 aliphatic heterocycles. The molecular weight excluding hydrogens is 467 g/mol. The van der Waals surface area contributed by atoms with E-state index in [1.807, 2.05) is 13.8 Å². The van der Waals surface area contributed by atoms with Crippen LogP contribution in [0.3, 0.4) is 0 Å². The Morgan fingerprint density at radius 1 is 1.06 bits per heavy atom. The van der Waals surface area contributed by atoms with E-state index < -0.39 is 17.7 Å². The lowest BCUT2D eigenvalue weighted by atomic mass is 9.95. The summed E-state index contributed by atoms with van der Waals surface area (Å²) in [5.74, 6) is -0.692. The number of Topliss-reactive ketones (excluding diaryl/α,β-unsaturated/α-hetero) is 1. The third-order valence-corrected chi connectivity index (χ3v) is 6.74. The van der Waals surface area contributed by atoms with Crippen LogP contribution in [0.15, 0.2) is 42.0 Å². The van der Waals surface area contributed by atoms with Crippen molar-refractivity contribution in [3.63, 3.8) is 0 Å². The lowest BCUT2D eigenvalue weighted by Crippen LogP contribution is -2.38. The molecule has 7 nitrogen and oxygen atoms in total. The summed E-state index contributed by atoms with van der Waals surface area (Å²) in [5, 5.41) is 11.9. The first kappa shape index (κ1) is 23.4. The first-order chi connectivity index (χ1) is 15.8. The molecule has 9 heteroatoms. The Morgan fingerprint density at radius 2 is 1.79 bits per heavy atom. The molecule has 2 heterocycles. The highest BCUT2D eigenvalue weighted by molar-refractivity contribution is 6.46. The van der Waals surface area contributed by atoms with Gasteiger partial charge in [-0.05, 0) is 49.0 Å². The van der Waals surface area contributed by atoms with Crippen molar-refractivity contribution >= 4 is 40.7 Å². The number of hydrogen-bond donors (Lipinski definition) is 1. The van der Waals surface area contributed by atoms with Crippen LogP contribution in [0, 0.1) is 0 Å². The monoisotopic (exact) mass is 490 g/mol. The molecule has 1 saturated heterocycles. The van der Waals surface area contributed by atoms with Crippen LogP contribution in [0.1, 0.15) is 31.0 Å². The van der Waals surface area contributed by atoms with E-state index in [2.05, 4.69) is 4.90 Å². The van der Waals surface area contributed by atoms with E-state index in [1.54, 1.807) is 36.4 Å². The first-order valence-corrected chi connectivity index (χ1v) is 11.5. The minimum Gasteiger partial charge on any atom is -0.507 e. The summed E-state index contributed by atoms with van der Waals surface area (Å²) in [4.78, 5) is 29.9. The molecule has 1 unspecified atom stereocenters. The fourth-order valence-corrected chi connectivity index (χ4v) is 4.43. The van der Waals surface area contributed by atoms with E-state index in [9.17, 15) is 14.7 Å². The van der Waals surface area contributed by atoms with Crippen LogP contribution in [-0.2, 0) is 9.59 Å². The zero-order valence-corrected chi connectivity index (χ0v) is 19.8. The first-order valence-electron chi connectivity index (χ1n) is 10.7. The van der Waals surface area contributed by atoms with Crippen molar-refractivity contribution in [2.75, 3.05) is 33.0 Å². The van der Waals surface area contributed by atoms with Gasteiger partial charge in [-0.2, -0.15) is 0 Å². The number of ether oxygens (including phenoxy) is 2. The minimum atomic E-state index is -0.805. The van der Waals surface area contributed by atoms with Crippen molar-refractivity contribution in [3.05, 3.63) is 63.1 Å². The lowest BCUT2D eigenvalue weighted by Gasteiger charge is -2.28. The number of ketones is 1. The highest BCUT2D eigenvalue weighted by Crippen LogP contribution is 2.42.